The number of ether oxygens (including phenoxy) is 1. The second-order valence-corrected chi connectivity index (χ2v) is 6.16. The molecule has 0 atom stereocenters. The number of rotatable bonds is 10. The standard InChI is InChI=1S/C17H21NO4S.Na.H/c1-13-15(8-10-21-9-5-11-23-12-16(19)20)18-17(22-13)14-6-3-2-4-7-14;;/h2-4,6-7H,5,8-12H2,1H3,(H,19,20);;/q;+1;-1. The van der Waals surface area contributed by atoms with Gasteiger partial charge in [-0.05, 0) is 31.2 Å². The van der Waals surface area contributed by atoms with E-state index in [2.05, 4.69) is 4.98 Å². The summed E-state index contributed by atoms with van der Waals surface area (Å²) in [6, 6.07) is 9.82. The van der Waals surface area contributed by atoms with Gasteiger partial charge in [0.2, 0.25) is 5.89 Å². The molecule has 0 aliphatic rings. The maximum absolute atomic E-state index is 10.4. The van der Waals surface area contributed by atoms with E-state index >= 15 is 0 Å². The van der Waals surface area contributed by atoms with Crippen LogP contribution in [0.4, 0.5) is 0 Å². The summed E-state index contributed by atoms with van der Waals surface area (Å²) in [5.74, 6) is 1.65. The molecule has 24 heavy (non-hydrogen) atoms. The molecule has 1 aromatic heterocycles. The van der Waals surface area contributed by atoms with Crippen LogP contribution < -0.4 is 29.6 Å². The van der Waals surface area contributed by atoms with Gasteiger partial charge in [-0.15, -0.1) is 0 Å². The van der Waals surface area contributed by atoms with Crippen molar-refractivity contribution in [2.75, 3.05) is 24.7 Å². The largest absolute Gasteiger partial charge is 1.00 e. The van der Waals surface area contributed by atoms with E-state index in [-0.39, 0.29) is 36.7 Å². The summed E-state index contributed by atoms with van der Waals surface area (Å²) in [5.41, 5.74) is 1.89. The quantitative estimate of drug-likeness (QED) is 0.493. The van der Waals surface area contributed by atoms with Gasteiger partial charge in [-0.3, -0.25) is 4.79 Å². The molecule has 0 aliphatic carbocycles. The van der Waals surface area contributed by atoms with E-state index in [1.165, 1.54) is 11.8 Å². The van der Waals surface area contributed by atoms with Gasteiger partial charge < -0.3 is 15.7 Å². The average Bonchev–Trinajstić information content (AvgIpc) is 2.91. The molecule has 0 bridgehead atoms. The fourth-order valence-electron chi connectivity index (χ4n) is 2.06. The molecule has 2 aromatic rings. The van der Waals surface area contributed by atoms with Crippen LogP contribution in [0.25, 0.3) is 11.5 Å². The zero-order valence-corrected chi connectivity index (χ0v) is 17.0. The van der Waals surface area contributed by atoms with Gasteiger partial charge in [0, 0.05) is 18.6 Å². The fraction of sp³-hybridized carbons (Fsp3) is 0.412. The van der Waals surface area contributed by atoms with Crippen molar-refractivity contribution in [3.8, 4) is 11.5 Å². The normalized spacial score (nSPS) is 10.4. The summed E-state index contributed by atoms with van der Waals surface area (Å²) in [7, 11) is 0. The Balaban J connectivity index is 0.00000288. The van der Waals surface area contributed by atoms with Crippen molar-refractivity contribution in [1.29, 1.82) is 0 Å². The smallest absolute Gasteiger partial charge is 1.00 e. The van der Waals surface area contributed by atoms with Crippen LogP contribution in [-0.2, 0) is 16.0 Å². The Hall–Kier alpha value is -0.790. The Bertz CT molecular complexity index is 624. The van der Waals surface area contributed by atoms with Crippen LogP contribution in [0.1, 0.15) is 19.3 Å². The summed E-state index contributed by atoms with van der Waals surface area (Å²) in [5, 5.41) is 8.52. The van der Waals surface area contributed by atoms with E-state index < -0.39 is 5.97 Å². The molecule has 0 radical (unpaired) electrons. The number of aliphatic carboxylic acids is 1. The Morgan fingerprint density at radius 3 is 2.79 bits per heavy atom. The SMILES string of the molecule is Cc1oc(-c2ccccc2)nc1CCOCCCSCC(=O)O.[H-].[Na+]. The first-order valence-corrected chi connectivity index (χ1v) is 8.71. The van der Waals surface area contributed by atoms with Crippen molar-refractivity contribution in [1.82, 2.24) is 4.98 Å². The van der Waals surface area contributed by atoms with E-state index in [0.717, 1.165) is 29.2 Å². The van der Waals surface area contributed by atoms with Crippen LogP contribution in [-0.4, -0.2) is 40.8 Å². The number of benzene rings is 1. The third-order valence-corrected chi connectivity index (χ3v) is 4.23. The number of hydrogen-bond acceptors (Lipinski definition) is 5. The van der Waals surface area contributed by atoms with E-state index in [0.29, 0.717) is 25.5 Å². The molecule has 1 N–H and O–H groups in total. The van der Waals surface area contributed by atoms with Crippen LogP contribution in [0.2, 0.25) is 0 Å². The van der Waals surface area contributed by atoms with Crippen molar-refractivity contribution in [2.45, 2.75) is 19.8 Å². The second kappa shape index (κ2) is 11.7. The third kappa shape index (κ3) is 7.40. The van der Waals surface area contributed by atoms with Gasteiger partial charge >= 0.3 is 35.5 Å². The van der Waals surface area contributed by atoms with E-state index in [1.807, 2.05) is 37.3 Å². The Morgan fingerprint density at radius 2 is 2.08 bits per heavy atom. The topological polar surface area (TPSA) is 72.6 Å². The Morgan fingerprint density at radius 1 is 1.33 bits per heavy atom. The first kappa shape index (κ1) is 21.3. The summed E-state index contributed by atoms with van der Waals surface area (Å²) in [6.45, 7) is 3.14. The number of nitrogens with zero attached hydrogens (tertiary/aromatic N) is 1. The Kier molecular flexibility index (Phi) is 10.4. The van der Waals surface area contributed by atoms with Gasteiger partial charge in [0.05, 0.1) is 18.1 Å². The number of carboxylic acid groups (broad SMARTS) is 1. The number of aromatic nitrogens is 1. The van der Waals surface area contributed by atoms with Crippen molar-refractivity contribution in [3.05, 3.63) is 41.8 Å². The third-order valence-electron chi connectivity index (χ3n) is 3.20. The van der Waals surface area contributed by atoms with Crippen molar-refractivity contribution < 1.29 is 50.0 Å². The van der Waals surface area contributed by atoms with Gasteiger partial charge in [-0.1, -0.05) is 18.2 Å². The van der Waals surface area contributed by atoms with Crippen LogP contribution >= 0.6 is 11.8 Å². The number of carbonyl (C=O) groups is 1. The molecule has 0 spiro atoms. The van der Waals surface area contributed by atoms with Crippen molar-refractivity contribution >= 4 is 17.7 Å². The molecule has 0 saturated heterocycles. The predicted molar refractivity (Wildman–Crippen MR) is 91.9 cm³/mol. The van der Waals surface area contributed by atoms with Gasteiger partial charge in [-0.25, -0.2) is 4.98 Å². The molecule has 0 saturated carbocycles. The van der Waals surface area contributed by atoms with E-state index in [4.69, 9.17) is 14.3 Å². The van der Waals surface area contributed by atoms with Gasteiger partial charge in [0.25, 0.3) is 0 Å². The van der Waals surface area contributed by atoms with Crippen LogP contribution in [0, 0.1) is 6.92 Å². The summed E-state index contributed by atoms with van der Waals surface area (Å²) in [4.78, 5) is 14.9. The number of thioether (sulfide) groups is 1. The number of aryl methyl sites for hydroxylation is 1. The summed E-state index contributed by atoms with van der Waals surface area (Å²) in [6.07, 6.45) is 1.56. The van der Waals surface area contributed by atoms with Crippen molar-refractivity contribution in [3.63, 3.8) is 0 Å². The first-order chi connectivity index (χ1) is 11.2. The molecule has 1 aromatic carbocycles. The molecule has 2 rings (SSSR count). The molecule has 7 heteroatoms. The van der Waals surface area contributed by atoms with Gasteiger partial charge in [-0.2, -0.15) is 11.8 Å². The second-order valence-electron chi connectivity index (χ2n) is 5.05. The molecule has 126 valence electrons. The van der Waals surface area contributed by atoms with E-state index in [9.17, 15) is 4.79 Å². The maximum Gasteiger partial charge on any atom is 1.00 e. The summed E-state index contributed by atoms with van der Waals surface area (Å²) < 4.78 is 11.3. The minimum atomic E-state index is -0.772. The molecule has 5 nitrogen and oxygen atoms in total. The monoisotopic (exact) mass is 359 g/mol. The van der Waals surface area contributed by atoms with E-state index in [1.54, 1.807) is 0 Å². The summed E-state index contributed by atoms with van der Waals surface area (Å²) >= 11 is 1.41. The molecule has 0 aliphatic heterocycles. The molecule has 0 fully saturated rings. The fourth-order valence-corrected chi connectivity index (χ4v) is 2.70. The molecule has 0 unspecified atom stereocenters. The molecule has 1 heterocycles. The van der Waals surface area contributed by atoms with Crippen molar-refractivity contribution in [2.24, 2.45) is 0 Å². The molecular weight excluding hydrogens is 337 g/mol. The first-order valence-electron chi connectivity index (χ1n) is 7.56. The van der Waals surface area contributed by atoms with Crippen LogP contribution in [0.3, 0.4) is 0 Å². The van der Waals surface area contributed by atoms with Crippen LogP contribution in [0.5, 0.6) is 0 Å². The Labute approximate surface area is 170 Å². The van der Waals surface area contributed by atoms with Gasteiger partial charge in [0.15, 0.2) is 0 Å². The number of oxazole rings is 1. The molecular formula is C17H22NNaO4S. The zero-order valence-electron chi connectivity index (χ0n) is 15.2. The number of carboxylic acids is 1. The van der Waals surface area contributed by atoms with Crippen LogP contribution in [0.15, 0.2) is 34.7 Å². The average molecular weight is 359 g/mol. The number of hydrogen-bond donors (Lipinski definition) is 1. The maximum atomic E-state index is 10.4. The minimum Gasteiger partial charge on any atom is -1.00 e. The predicted octanol–water partition coefficient (Wildman–Crippen LogP) is 0.534. The zero-order chi connectivity index (χ0) is 16.5. The minimum absolute atomic E-state index is 0. The molecule has 0 amide bonds. The van der Waals surface area contributed by atoms with Gasteiger partial charge in [0.1, 0.15) is 5.76 Å².